The maximum absolute atomic E-state index is 12.8. The van der Waals surface area contributed by atoms with E-state index in [0.29, 0.717) is 0 Å². The molecular weight excluding hydrogens is 286 g/mol. The number of hydrogen-bond acceptors (Lipinski definition) is 4. The van der Waals surface area contributed by atoms with Gasteiger partial charge in [0.15, 0.2) is 0 Å². The van der Waals surface area contributed by atoms with Gasteiger partial charge in [-0.1, -0.05) is 0 Å². The number of carbonyl (C=O) groups is 1. The molecule has 0 atom stereocenters. The first-order valence-corrected chi connectivity index (χ1v) is 5.04. The molecule has 0 amide bonds. The molecule has 4 nitrogen and oxygen atoms in total. The van der Waals surface area contributed by atoms with Gasteiger partial charge in [0.25, 0.3) is 6.43 Å². The molecule has 0 bridgehead atoms. The van der Waals surface area contributed by atoms with E-state index in [1.54, 1.807) is 0 Å². The van der Waals surface area contributed by atoms with Crippen molar-refractivity contribution >= 4 is 27.7 Å². The average molecular weight is 295 g/mol. The van der Waals surface area contributed by atoms with Crippen LogP contribution in [0.3, 0.4) is 0 Å². The molecule has 1 aromatic rings. The highest BCUT2D eigenvalue weighted by Crippen LogP contribution is 2.32. The SMILES string of the molecule is COC(=O)Cc1c(N)ncc(Br)c1C(F)F. The maximum Gasteiger partial charge on any atom is 0.310 e. The summed E-state index contributed by atoms with van der Waals surface area (Å²) in [6.07, 6.45) is -1.88. The molecule has 16 heavy (non-hydrogen) atoms. The van der Waals surface area contributed by atoms with E-state index in [4.69, 9.17) is 5.73 Å². The first-order chi connectivity index (χ1) is 7.47. The Morgan fingerprint density at radius 3 is 2.81 bits per heavy atom. The van der Waals surface area contributed by atoms with Gasteiger partial charge < -0.3 is 10.5 Å². The topological polar surface area (TPSA) is 65.2 Å². The first kappa shape index (κ1) is 12.8. The van der Waals surface area contributed by atoms with Crippen molar-refractivity contribution in [2.45, 2.75) is 12.8 Å². The van der Waals surface area contributed by atoms with Gasteiger partial charge in [-0.05, 0) is 15.9 Å². The third-order valence-electron chi connectivity index (χ3n) is 1.98. The van der Waals surface area contributed by atoms with E-state index in [0.717, 1.165) is 0 Å². The van der Waals surface area contributed by atoms with E-state index < -0.39 is 12.4 Å². The van der Waals surface area contributed by atoms with Crippen LogP contribution in [-0.4, -0.2) is 18.1 Å². The Kier molecular flexibility index (Phi) is 4.17. The molecule has 1 rings (SSSR count). The summed E-state index contributed by atoms with van der Waals surface area (Å²) in [5.41, 5.74) is 5.13. The Labute approximate surface area is 98.9 Å². The number of halogens is 3. The molecule has 0 saturated heterocycles. The molecule has 0 fully saturated rings. The molecule has 0 aliphatic carbocycles. The molecule has 0 unspecified atom stereocenters. The van der Waals surface area contributed by atoms with Crippen LogP contribution < -0.4 is 5.73 Å². The van der Waals surface area contributed by atoms with Crippen molar-refractivity contribution in [2.24, 2.45) is 0 Å². The van der Waals surface area contributed by atoms with Gasteiger partial charge in [0, 0.05) is 21.8 Å². The highest BCUT2D eigenvalue weighted by Gasteiger charge is 2.22. The zero-order valence-electron chi connectivity index (χ0n) is 8.34. The Bertz CT molecular complexity index is 413. The number of esters is 1. The molecule has 1 heterocycles. The standard InChI is InChI=1S/C9H9BrF2N2O2/c1-16-6(15)2-4-7(8(11)12)5(10)3-14-9(4)13/h3,8H,2H2,1H3,(H2,13,14). The molecule has 0 aromatic carbocycles. The van der Waals surface area contributed by atoms with Crippen molar-refractivity contribution in [3.05, 3.63) is 21.8 Å². The number of hydrogen-bond donors (Lipinski definition) is 1. The number of nitrogen functional groups attached to an aromatic ring is 1. The van der Waals surface area contributed by atoms with Gasteiger partial charge in [-0.15, -0.1) is 0 Å². The van der Waals surface area contributed by atoms with Gasteiger partial charge in [-0.3, -0.25) is 4.79 Å². The molecule has 0 spiro atoms. The third-order valence-corrected chi connectivity index (χ3v) is 2.61. The minimum Gasteiger partial charge on any atom is -0.469 e. The number of anilines is 1. The summed E-state index contributed by atoms with van der Waals surface area (Å²) in [5.74, 6) is -0.739. The van der Waals surface area contributed by atoms with Crippen LogP contribution in [0.2, 0.25) is 0 Å². The highest BCUT2D eigenvalue weighted by molar-refractivity contribution is 9.10. The van der Waals surface area contributed by atoms with Gasteiger partial charge in [0.2, 0.25) is 0 Å². The second-order valence-electron chi connectivity index (χ2n) is 2.94. The number of carbonyl (C=O) groups excluding carboxylic acids is 1. The van der Waals surface area contributed by atoms with Gasteiger partial charge in [0.1, 0.15) is 5.82 Å². The van der Waals surface area contributed by atoms with Crippen LogP contribution in [0.4, 0.5) is 14.6 Å². The Morgan fingerprint density at radius 1 is 1.69 bits per heavy atom. The first-order valence-electron chi connectivity index (χ1n) is 4.25. The summed E-state index contributed by atoms with van der Waals surface area (Å²) in [7, 11) is 1.17. The zero-order valence-corrected chi connectivity index (χ0v) is 9.92. The second-order valence-corrected chi connectivity index (χ2v) is 3.79. The van der Waals surface area contributed by atoms with Crippen molar-refractivity contribution in [3.8, 4) is 0 Å². The average Bonchev–Trinajstić information content (AvgIpc) is 2.22. The number of rotatable bonds is 3. The van der Waals surface area contributed by atoms with Crippen molar-refractivity contribution in [2.75, 3.05) is 12.8 Å². The van der Waals surface area contributed by atoms with Crippen LogP contribution in [0.1, 0.15) is 17.6 Å². The van der Waals surface area contributed by atoms with Crippen molar-refractivity contribution in [3.63, 3.8) is 0 Å². The van der Waals surface area contributed by atoms with Crippen LogP contribution in [0.25, 0.3) is 0 Å². The van der Waals surface area contributed by atoms with E-state index >= 15 is 0 Å². The lowest BCUT2D eigenvalue weighted by Crippen LogP contribution is -2.11. The lowest BCUT2D eigenvalue weighted by Gasteiger charge is -2.11. The van der Waals surface area contributed by atoms with Crippen molar-refractivity contribution in [1.82, 2.24) is 4.98 Å². The third kappa shape index (κ3) is 2.66. The Balaban J connectivity index is 3.23. The summed E-state index contributed by atoms with van der Waals surface area (Å²) in [4.78, 5) is 14.8. The number of methoxy groups -OCH3 is 1. The van der Waals surface area contributed by atoms with Gasteiger partial charge in [0.05, 0.1) is 13.5 Å². The molecular formula is C9H9BrF2N2O2. The number of nitrogens with zero attached hydrogens (tertiary/aromatic N) is 1. The quantitative estimate of drug-likeness (QED) is 0.867. The number of nitrogens with two attached hydrogens (primary N) is 1. The van der Waals surface area contributed by atoms with E-state index in [-0.39, 0.29) is 27.8 Å². The molecule has 88 valence electrons. The molecule has 2 N–H and O–H groups in total. The summed E-state index contributed by atoms with van der Waals surface area (Å²) in [5, 5.41) is 0. The smallest absolute Gasteiger partial charge is 0.310 e. The van der Waals surface area contributed by atoms with Gasteiger partial charge >= 0.3 is 5.97 Å². The van der Waals surface area contributed by atoms with Gasteiger partial charge in [-0.2, -0.15) is 0 Å². The van der Waals surface area contributed by atoms with Crippen LogP contribution in [0, 0.1) is 0 Å². The second kappa shape index (κ2) is 5.20. The largest absolute Gasteiger partial charge is 0.469 e. The van der Waals surface area contributed by atoms with Crippen LogP contribution in [0.15, 0.2) is 10.7 Å². The summed E-state index contributed by atoms with van der Waals surface area (Å²) in [6.45, 7) is 0. The van der Waals surface area contributed by atoms with Crippen LogP contribution in [-0.2, 0) is 16.0 Å². The zero-order chi connectivity index (χ0) is 12.3. The van der Waals surface area contributed by atoms with E-state index in [9.17, 15) is 13.6 Å². The maximum atomic E-state index is 12.8. The Morgan fingerprint density at radius 2 is 2.31 bits per heavy atom. The van der Waals surface area contributed by atoms with E-state index in [2.05, 4.69) is 25.7 Å². The lowest BCUT2D eigenvalue weighted by molar-refractivity contribution is -0.139. The van der Waals surface area contributed by atoms with Crippen LogP contribution in [0.5, 0.6) is 0 Å². The molecule has 0 radical (unpaired) electrons. The predicted molar refractivity (Wildman–Crippen MR) is 57.0 cm³/mol. The van der Waals surface area contributed by atoms with Crippen molar-refractivity contribution < 1.29 is 18.3 Å². The van der Waals surface area contributed by atoms with E-state index in [1.165, 1.54) is 13.3 Å². The summed E-state index contributed by atoms with van der Waals surface area (Å²) < 4.78 is 30.0. The van der Waals surface area contributed by atoms with E-state index in [1.807, 2.05) is 0 Å². The Hall–Kier alpha value is -1.24. The highest BCUT2D eigenvalue weighted by atomic mass is 79.9. The minimum absolute atomic E-state index is 0.00350. The summed E-state index contributed by atoms with van der Waals surface area (Å²) >= 11 is 2.94. The molecule has 0 saturated carbocycles. The monoisotopic (exact) mass is 294 g/mol. The minimum atomic E-state index is -2.74. The predicted octanol–water partition coefficient (Wildman–Crippen LogP) is 2.08. The number of aromatic nitrogens is 1. The number of alkyl halides is 2. The molecule has 7 heteroatoms. The number of pyridine rings is 1. The fourth-order valence-corrected chi connectivity index (χ4v) is 1.71. The molecule has 0 aliphatic rings. The lowest BCUT2D eigenvalue weighted by atomic mass is 10.1. The fourth-order valence-electron chi connectivity index (χ4n) is 1.19. The van der Waals surface area contributed by atoms with Crippen molar-refractivity contribution in [1.29, 1.82) is 0 Å². The normalized spacial score (nSPS) is 10.6. The summed E-state index contributed by atoms with van der Waals surface area (Å²) in [6, 6.07) is 0. The number of ether oxygens (including phenoxy) is 1. The van der Waals surface area contributed by atoms with Gasteiger partial charge in [-0.25, -0.2) is 13.8 Å². The molecule has 0 aliphatic heterocycles. The fraction of sp³-hybridized carbons (Fsp3) is 0.333. The van der Waals surface area contributed by atoms with Crippen LogP contribution >= 0.6 is 15.9 Å². The molecule has 1 aromatic heterocycles.